The van der Waals surface area contributed by atoms with E-state index >= 15 is 0 Å². The molecule has 0 amide bonds. The lowest BCUT2D eigenvalue weighted by Gasteiger charge is -2.17. The van der Waals surface area contributed by atoms with Crippen LogP contribution in [0.3, 0.4) is 0 Å². The molecule has 0 fully saturated rings. The third kappa shape index (κ3) is 6.44. The second kappa shape index (κ2) is 11.8. The normalized spacial score (nSPS) is 17.2. The second-order valence-corrected chi connectivity index (χ2v) is 9.96. The van der Waals surface area contributed by atoms with Crippen LogP contribution in [-0.2, 0) is 11.2 Å². The molecular weight excluding hydrogens is 428 g/mol. The summed E-state index contributed by atoms with van der Waals surface area (Å²) in [5.41, 5.74) is 3.45. The third-order valence-electron chi connectivity index (χ3n) is 6.12. The third-order valence-corrected chi connectivity index (χ3v) is 7.64. The van der Waals surface area contributed by atoms with E-state index in [1.165, 1.54) is 40.9 Å². The van der Waals surface area contributed by atoms with Gasteiger partial charge in [0.1, 0.15) is 4.88 Å². The van der Waals surface area contributed by atoms with E-state index < -0.39 is 0 Å². The molecule has 5 heteroatoms. The van der Waals surface area contributed by atoms with Gasteiger partial charge in [0.05, 0.1) is 13.2 Å². The van der Waals surface area contributed by atoms with Gasteiger partial charge in [-0.05, 0) is 73.3 Å². The van der Waals surface area contributed by atoms with Crippen LogP contribution in [0.15, 0.2) is 41.4 Å². The zero-order chi connectivity index (χ0) is 22.2. The number of allylic oxidation sites excluding steroid dienone is 2. The topological polar surface area (TPSA) is 46.5 Å². The van der Waals surface area contributed by atoms with Crippen LogP contribution in [0.2, 0.25) is 0 Å². The van der Waals surface area contributed by atoms with E-state index in [1.54, 1.807) is 0 Å². The Morgan fingerprint density at radius 2 is 1.97 bits per heavy atom. The van der Waals surface area contributed by atoms with Gasteiger partial charge in [-0.3, -0.25) is 0 Å². The maximum absolute atomic E-state index is 11.6. The Labute approximate surface area is 195 Å². The van der Waals surface area contributed by atoms with Gasteiger partial charge in [-0.1, -0.05) is 62.1 Å². The SMILES string of the molecule is CCCCC[C@@H](O)c1ccc(C2=C(Cl)CC[C@@H]2CCCc2ccc(C(=O)OC)s2)cc1. The minimum atomic E-state index is -0.384. The number of halogens is 1. The fourth-order valence-corrected chi connectivity index (χ4v) is 5.71. The number of rotatable bonds is 11. The highest BCUT2D eigenvalue weighted by Crippen LogP contribution is 2.43. The number of unbranched alkanes of at least 4 members (excludes halogenated alkanes) is 2. The average molecular weight is 461 g/mol. The highest BCUT2D eigenvalue weighted by Gasteiger charge is 2.25. The molecule has 1 aliphatic carbocycles. The van der Waals surface area contributed by atoms with Gasteiger partial charge in [0.25, 0.3) is 0 Å². The van der Waals surface area contributed by atoms with Crippen LogP contribution in [0, 0.1) is 5.92 Å². The van der Waals surface area contributed by atoms with Crippen molar-refractivity contribution in [1.82, 2.24) is 0 Å². The summed E-state index contributed by atoms with van der Waals surface area (Å²) in [6.07, 6.45) is 8.96. The molecule has 1 aromatic carbocycles. The first-order valence-corrected chi connectivity index (χ1v) is 12.6. The summed E-state index contributed by atoms with van der Waals surface area (Å²) in [5.74, 6) is 0.204. The molecule has 2 aromatic rings. The Hall–Kier alpha value is -1.62. The highest BCUT2D eigenvalue weighted by atomic mass is 35.5. The number of methoxy groups -OCH3 is 1. The van der Waals surface area contributed by atoms with E-state index in [-0.39, 0.29) is 12.1 Å². The first-order valence-electron chi connectivity index (χ1n) is 11.4. The number of aryl methyl sites for hydroxylation is 1. The molecule has 0 saturated heterocycles. The Balaban J connectivity index is 1.57. The molecule has 0 aliphatic heterocycles. The minimum Gasteiger partial charge on any atom is -0.465 e. The van der Waals surface area contributed by atoms with Crippen molar-refractivity contribution in [3.63, 3.8) is 0 Å². The Bertz CT molecular complexity index is 884. The average Bonchev–Trinajstić information content (AvgIpc) is 3.40. The lowest BCUT2D eigenvalue weighted by atomic mass is 9.89. The number of thiophene rings is 1. The van der Waals surface area contributed by atoms with Gasteiger partial charge in [0, 0.05) is 9.91 Å². The number of carbonyl (C=O) groups excluding carboxylic acids is 1. The van der Waals surface area contributed by atoms with Gasteiger partial charge in [-0.2, -0.15) is 0 Å². The zero-order valence-corrected chi connectivity index (χ0v) is 20.1. The fourth-order valence-electron chi connectivity index (χ4n) is 4.37. The van der Waals surface area contributed by atoms with Gasteiger partial charge >= 0.3 is 5.97 Å². The molecule has 3 rings (SSSR count). The summed E-state index contributed by atoms with van der Waals surface area (Å²) in [4.78, 5) is 13.5. The summed E-state index contributed by atoms with van der Waals surface area (Å²) in [6.45, 7) is 2.18. The maximum Gasteiger partial charge on any atom is 0.348 e. The molecule has 0 unspecified atom stereocenters. The van der Waals surface area contributed by atoms with E-state index in [4.69, 9.17) is 16.3 Å². The van der Waals surface area contributed by atoms with Crippen molar-refractivity contribution in [2.75, 3.05) is 7.11 Å². The number of aliphatic hydroxyl groups is 1. The van der Waals surface area contributed by atoms with Crippen molar-refractivity contribution in [2.24, 2.45) is 5.92 Å². The zero-order valence-electron chi connectivity index (χ0n) is 18.5. The van der Waals surface area contributed by atoms with E-state index in [9.17, 15) is 9.90 Å². The van der Waals surface area contributed by atoms with E-state index in [1.807, 2.05) is 12.1 Å². The van der Waals surface area contributed by atoms with E-state index in [0.717, 1.165) is 62.0 Å². The van der Waals surface area contributed by atoms with Crippen molar-refractivity contribution >= 4 is 34.5 Å². The number of ether oxygens (including phenoxy) is 1. The van der Waals surface area contributed by atoms with Gasteiger partial charge in [-0.15, -0.1) is 11.3 Å². The summed E-state index contributed by atoms with van der Waals surface area (Å²) < 4.78 is 4.79. The fraction of sp³-hybridized carbons (Fsp3) is 0.500. The van der Waals surface area contributed by atoms with Crippen molar-refractivity contribution in [3.05, 3.63) is 62.3 Å². The molecule has 2 atom stereocenters. The van der Waals surface area contributed by atoms with Crippen LogP contribution in [0.5, 0.6) is 0 Å². The van der Waals surface area contributed by atoms with Gasteiger partial charge in [0.2, 0.25) is 0 Å². The molecule has 0 radical (unpaired) electrons. The van der Waals surface area contributed by atoms with E-state index in [0.29, 0.717) is 10.8 Å². The molecule has 0 spiro atoms. The molecule has 31 heavy (non-hydrogen) atoms. The van der Waals surface area contributed by atoms with Crippen LogP contribution in [-0.4, -0.2) is 18.2 Å². The maximum atomic E-state index is 11.6. The van der Waals surface area contributed by atoms with Crippen molar-refractivity contribution in [3.8, 4) is 0 Å². The molecule has 1 aliphatic rings. The van der Waals surface area contributed by atoms with E-state index in [2.05, 4.69) is 31.2 Å². The monoisotopic (exact) mass is 460 g/mol. The summed E-state index contributed by atoms with van der Waals surface area (Å²) in [6, 6.07) is 12.2. The van der Waals surface area contributed by atoms with Crippen LogP contribution in [0.1, 0.15) is 90.1 Å². The molecule has 1 N–H and O–H groups in total. The number of hydrogen-bond acceptors (Lipinski definition) is 4. The Kier molecular flexibility index (Phi) is 9.18. The van der Waals surface area contributed by atoms with Gasteiger partial charge < -0.3 is 9.84 Å². The number of carbonyl (C=O) groups is 1. The number of hydrogen-bond donors (Lipinski definition) is 1. The molecular formula is C26H33ClO3S. The second-order valence-electron chi connectivity index (χ2n) is 8.34. The molecule has 1 heterocycles. The largest absolute Gasteiger partial charge is 0.465 e. The predicted octanol–water partition coefficient (Wildman–Crippen LogP) is 7.53. The minimum absolute atomic E-state index is 0.261. The standard InChI is InChI=1S/C26H33ClO3S/c1-3-4-5-9-23(28)18-10-12-20(13-11-18)25-19(14-16-22(25)27)7-6-8-21-15-17-24(31-21)26(29)30-2/h10-13,15,17,19,23,28H,3-9,14,16H2,1-2H3/t19-,23+/m0/s1. The van der Waals surface area contributed by atoms with Gasteiger partial charge in [-0.25, -0.2) is 4.79 Å². The number of aliphatic hydroxyl groups excluding tert-OH is 1. The smallest absolute Gasteiger partial charge is 0.348 e. The van der Waals surface area contributed by atoms with Crippen LogP contribution < -0.4 is 0 Å². The van der Waals surface area contributed by atoms with Crippen LogP contribution >= 0.6 is 22.9 Å². The molecule has 0 saturated carbocycles. The quantitative estimate of drug-likeness (QED) is 0.278. The predicted molar refractivity (Wildman–Crippen MR) is 130 cm³/mol. The van der Waals surface area contributed by atoms with Crippen molar-refractivity contribution in [2.45, 2.75) is 70.8 Å². The summed E-state index contributed by atoms with van der Waals surface area (Å²) in [5, 5.41) is 11.4. The first kappa shape index (κ1) is 24.0. The van der Waals surface area contributed by atoms with Crippen molar-refractivity contribution < 1.29 is 14.6 Å². The lowest BCUT2D eigenvalue weighted by Crippen LogP contribution is -2.02. The summed E-state index contributed by atoms with van der Waals surface area (Å²) >= 11 is 8.15. The van der Waals surface area contributed by atoms with Crippen molar-refractivity contribution in [1.29, 1.82) is 0 Å². The van der Waals surface area contributed by atoms with Crippen LogP contribution in [0.4, 0.5) is 0 Å². The highest BCUT2D eigenvalue weighted by molar-refractivity contribution is 7.13. The van der Waals surface area contributed by atoms with Crippen LogP contribution in [0.25, 0.3) is 5.57 Å². The molecule has 3 nitrogen and oxygen atoms in total. The number of benzene rings is 1. The first-order chi connectivity index (χ1) is 15.0. The summed E-state index contributed by atoms with van der Waals surface area (Å²) in [7, 11) is 1.42. The molecule has 168 valence electrons. The number of esters is 1. The Morgan fingerprint density at radius 1 is 1.19 bits per heavy atom. The lowest BCUT2D eigenvalue weighted by molar-refractivity contribution is 0.0606. The molecule has 1 aromatic heterocycles. The molecule has 0 bridgehead atoms. The Morgan fingerprint density at radius 3 is 2.68 bits per heavy atom. The van der Waals surface area contributed by atoms with Gasteiger partial charge in [0.15, 0.2) is 0 Å².